The van der Waals surface area contributed by atoms with E-state index in [0.717, 1.165) is 37.0 Å². The van der Waals surface area contributed by atoms with Crippen LogP contribution in [0.4, 0.5) is 0 Å². The second-order valence-electron chi connectivity index (χ2n) is 4.78. The highest BCUT2D eigenvalue weighted by Crippen LogP contribution is 2.28. The van der Waals surface area contributed by atoms with Crippen molar-refractivity contribution < 1.29 is 13.2 Å². The Morgan fingerprint density at radius 3 is 2.53 bits per heavy atom. The minimum absolute atomic E-state index is 0.0351. The third-order valence-electron chi connectivity index (χ3n) is 3.30. The Hall–Kier alpha value is -0.590. The zero-order chi connectivity index (χ0) is 14.0. The van der Waals surface area contributed by atoms with E-state index in [1.807, 2.05) is 0 Å². The van der Waals surface area contributed by atoms with Gasteiger partial charge in [-0.05, 0) is 25.8 Å². The molecule has 0 aromatic carbocycles. The van der Waals surface area contributed by atoms with Gasteiger partial charge in [-0.3, -0.25) is 4.79 Å². The molecule has 7 heteroatoms. The monoisotopic (exact) mass is 321 g/mol. The molecule has 1 fully saturated rings. The first-order chi connectivity index (χ1) is 8.88. The van der Waals surface area contributed by atoms with Crippen molar-refractivity contribution >= 4 is 37.0 Å². The summed E-state index contributed by atoms with van der Waals surface area (Å²) in [6.07, 6.45) is 5.48. The number of rotatable bonds is 3. The first-order valence-electron chi connectivity index (χ1n) is 6.24. The minimum atomic E-state index is -3.78. The Kier molecular flexibility index (Phi) is 4.53. The summed E-state index contributed by atoms with van der Waals surface area (Å²) in [5, 5.41) is 2.96. The molecule has 1 aromatic rings. The molecule has 0 bridgehead atoms. The van der Waals surface area contributed by atoms with Gasteiger partial charge in [0.2, 0.25) is 0 Å². The van der Waals surface area contributed by atoms with E-state index in [1.165, 1.54) is 12.5 Å². The van der Waals surface area contributed by atoms with Crippen molar-refractivity contribution in [3.63, 3.8) is 0 Å². The lowest BCUT2D eigenvalue weighted by molar-refractivity contribution is 0.0931. The summed E-state index contributed by atoms with van der Waals surface area (Å²) in [5.74, 6) is -0.202. The van der Waals surface area contributed by atoms with Crippen LogP contribution < -0.4 is 5.32 Å². The highest BCUT2D eigenvalue weighted by molar-refractivity contribution is 8.13. The molecular weight excluding hydrogens is 306 g/mol. The SMILES string of the molecule is Cc1sc(C(=O)NC2CCCCC2)cc1S(=O)(=O)Cl. The van der Waals surface area contributed by atoms with Gasteiger partial charge in [0.25, 0.3) is 15.0 Å². The first kappa shape index (κ1) is 14.8. The second kappa shape index (κ2) is 5.81. The van der Waals surface area contributed by atoms with Gasteiger partial charge in [-0.25, -0.2) is 8.42 Å². The van der Waals surface area contributed by atoms with Gasteiger partial charge in [0.1, 0.15) is 0 Å². The summed E-state index contributed by atoms with van der Waals surface area (Å²) in [6, 6.07) is 1.57. The molecule has 1 amide bonds. The van der Waals surface area contributed by atoms with Crippen LogP contribution in [0.1, 0.15) is 46.7 Å². The van der Waals surface area contributed by atoms with Crippen molar-refractivity contribution in [1.82, 2.24) is 5.32 Å². The minimum Gasteiger partial charge on any atom is -0.349 e. The molecule has 0 spiro atoms. The highest BCUT2D eigenvalue weighted by atomic mass is 35.7. The number of amides is 1. The summed E-state index contributed by atoms with van der Waals surface area (Å²) in [5.41, 5.74) is 0. The van der Waals surface area contributed by atoms with Crippen LogP contribution in [-0.2, 0) is 9.05 Å². The molecule has 4 nitrogen and oxygen atoms in total. The topological polar surface area (TPSA) is 63.2 Å². The van der Waals surface area contributed by atoms with E-state index in [-0.39, 0.29) is 16.8 Å². The molecule has 0 aliphatic heterocycles. The van der Waals surface area contributed by atoms with Crippen LogP contribution in [-0.4, -0.2) is 20.4 Å². The van der Waals surface area contributed by atoms with Crippen LogP contribution in [0.2, 0.25) is 0 Å². The molecule has 0 unspecified atom stereocenters. The van der Waals surface area contributed by atoms with Crippen LogP contribution in [0, 0.1) is 6.92 Å². The maximum Gasteiger partial charge on any atom is 0.262 e. The molecule has 0 atom stereocenters. The Labute approximate surface area is 121 Å². The van der Waals surface area contributed by atoms with Gasteiger partial charge in [0.15, 0.2) is 0 Å². The standard InChI is InChI=1S/C12H16ClNO3S2/c1-8-11(19(13,16)17)7-10(18-8)12(15)14-9-5-3-2-4-6-9/h7,9H,2-6H2,1H3,(H,14,15). The molecule has 0 radical (unpaired) electrons. The maximum absolute atomic E-state index is 12.1. The number of halogens is 1. The van der Waals surface area contributed by atoms with E-state index >= 15 is 0 Å². The Bertz CT molecular complexity index is 574. The van der Waals surface area contributed by atoms with Crippen LogP contribution in [0.15, 0.2) is 11.0 Å². The first-order valence-corrected chi connectivity index (χ1v) is 9.36. The fourth-order valence-corrected chi connectivity index (χ4v) is 4.89. The second-order valence-corrected chi connectivity index (χ2v) is 8.57. The number of carbonyl (C=O) groups is 1. The van der Waals surface area contributed by atoms with E-state index in [2.05, 4.69) is 5.32 Å². The number of carbonyl (C=O) groups excluding carboxylic acids is 1. The van der Waals surface area contributed by atoms with E-state index in [0.29, 0.717) is 9.75 Å². The van der Waals surface area contributed by atoms with Crippen LogP contribution >= 0.6 is 22.0 Å². The van der Waals surface area contributed by atoms with Gasteiger partial charge in [0, 0.05) is 21.6 Å². The fraction of sp³-hybridized carbons (Fsp3) is 0.583. The number of hydrogen-bond acceptors (Lipinski definition) is 4. The summed E-state index contributed by atoms with van der Waals surface area (Å²) in [4.78, 5) is 13.1. The number of nitrogens with one attached hydrogen (secondary N) is 1. The van der Waals surface area contributed by atoms with Crippen LogP contribution in [0.25, 0.3) is 0 Å². The smallest absolute Gasteiger partial charge is 0.262 e. The normalized spacial score (nSPS) is 17.4. The van der Waals surface area contributed by atoms with Crippen molar-refractivity contribution in [3.05, 3.63) is 15.8 Å². The predicted molar refractivity (Wildman–Crippen MR) is 76.4 cm³/mol. The summed E-state index contributed by atoms with van der Waals surface area (Å²) < 4.78 is 22.6. The van der Waals surface area contributed by atoms with E-state index < -0.39 is 9.05 Å². The highest BCUT2D eigenvalue weighted by Gasteiger charge is 2.22. The molecule has 1 aliphatic carbocycles. The largest absolute Gasteiger partial charge is 0.349 e. The molecule has 1 N–H and O–H groups in total. The van der Waals surface area contributed by atoms with Gasteiger partial charge in [-0.15, -0.1) is 11.3 Å². The molecule has 1 saturated carbocycles. The molecular formula is C12H16ClNO3S2. The third kappa shape index (κ3) is 3.70. The maximum atomic E-state index is 12.1. The number of hydrogen-bond donors (Lipinski definition) is 1. The van der Waals surface area contributed by atoms with Crippen molar-refractivity contribution in [2.75, 3.05) is 0 Å². The van der Waals surface area contributed by atoms with Gasteiger partial charge in [-0.2, -0.15) is 0 Å². The van der Waals surface area contributed by atoms with Gasteiger partial charge in [0.05, 0.1) is 9.77 Å². The molecule has 106 valence electrons. The van der Waals surface area contributed by atoms with Crippen molar-refractivity contribution in [3.8, 4) is 0 Å². The Balaban J connectivity index is 2.11. The zero-order valence-electron chi connectivity index (χ0n) is 10.6. The van der Waals surface area contributed by atoms with Crippen LogP contribution in [0.3, 0.4) is 0 Å². The summed E-state index contributed by atoms with van der Waals surface area (Å²) >= 11 is 1.16. The molecule has 19 heavy (non-hydrogen) atoms. The van der Waals surface area contributed by atoms with E-state index in [1.54, 1.807) is 6.92 Å². The van der Waals surface area contributed by atoms with Crippen LogP contribution in [0.5, 0.6) is 0 Å². The molecule has 2 rings (SSSR count). The van der Waals surface area contributed by atoms with E-state index in [9.17, 15) is 13.2 Å². The average molecular weight is 322 g/mol. The lowest BCUT2D eigenvalue weighted by atomic mass is 9.95. The quantitative estimate of drug-likeness (QED) is 0.870. The van der Waals surface area contributed by atoms with Crippen molar-refractivity contribution in [2.24, 2.45) is 0 Å². The lowest BCUT2D eigenvalue weighted by Crippen LogP contribution is -2.35. The lowest BCUT2D eigenvalue weighted by Gasteiger charge is -2.22. The predicted octanol–water partition coefficient (Wildman–Crippen LogP) is 3.05. The number of thiophene rings is 1. The van der Waals surface area contributed by atoms with Gasteiger partial charge >= 0.3 is 0 Å². The molecule has 0 saturated heterocycles. The Morgan fingerprint density at radius 1 is 1.37 bits per heavy atom. The average Bonchev–Trinajstić information content (AvgIpc) is 2.72. The summed E-state index contributed by atoms with van der Waals surface area (Å²) in [7, 11) is 1.54. The fourth-order valence-electron chi connectivity index (χ4n) is 2.32. The molecule has 1 aromatic heterocycles. The zero-order valence-corrected chi connectivity index (χ0v) is 13.0. The van der Waals surface area contributed by atoms with E-state index in [4.69, 9.17) is 10.7 Å². The van der Waals surface area contributed by atoms with Gasteiger partial charge < -0.3 is 5.32 Å². The van der Waals surface area contributed by atoms with Crippen molar-refractivity contribution in [1.29, 1.82) is 0 Å². The third-order valence-corrected chi connectivity index (χ3v) is 5.93. The van der Waals surface area contributed by atoms with Crippen molar-refractivity contribution in [2.45, 2.75) is 50.0 Å². The number of aryl methyl sites for hydroxylation is 1. The Morgan fingerprint density at radius 2 is 2.00 bits per heavy atom. The molecule has 1 aliphatic rings. The summed E-state index contributed by atoms with van der Waals surface area (Å²) in [6.45, 7) is 1.65. The van der Waals surface area contributed by atoms with Gasteiger partial charge in [-0.1, -0.05) is 19.3 Å². The molecule has 1 heterocycles.